The van der Waals surface area contributed by atoms with Gasteiger partial charge in [-0.25, -0.2) is 0 Å². The first-order chi connectivity index (χ1) is 13.0. The second-order valence-electron chi connectivity index (χ2n) is 9.53. The van der Waals surface area contributed by atoms with E-state index in [0.717, 1.165) is 5.92 Å². The van der Waals surface area contributed by atoms with Crippen LogP contribution in [0.4, 0.5) is 0 Å². The van der Waals surface area contributed by atoms with E-state index in [1.54, 1.807) is 0 Å². The Hall–Kier alpha value is -1.61. The van der Waals surface area contributed by atoms with Crippen LogP contribution in [0.2, 0.25) is 0 Å². The minimum atomic E-state index is 0.0921. The van der Waals surface area contributed by atoms with Crippen molar-refractivity contribution in [1.82, 2.24) is 14.7 Å². The van der Waals surface area contributed by atoms with E-state index in [1.165, 1.54) is 75.0 Å². The highest BCUT2D eigenvalue weighted by Crippen LogP contribution is 2.36. The van der Waals surface area contributed by atoms with E-state index < -0.39 is 0 Å². The van der Waals surface area contributed by atoms with E-state index in [1.807, 2.05) is 0 Å². The standard InChI is InChI=1S/C24H35N3/c1-24(2,3)27-23-11-7-10-21(22(23)18-25-27)14-17-26-15-12-20(13-16-26)19-8-5-4-6-9-19/h4-6,8-9,18,20-21H,7,10-17H2,1-3H3. The average Bonchev–Trinajstić information content (AvgIpc) is 3.13. The molecule has 3 nitrogen and oxygen atoms in total. The lowest BCUT2D eigenvalue weighted by Crippen LogP contribution is -2.34. The molecule has 0 bridgehead atoms. The summed E-state index contributed by atoms with van der Waals surface area (Å²) in [6, 6.07) is 11.1. The molecule has 1 saturated heterocycles. The Labute approximate surface area is 164 Å². The molecule has 0 radical (unpaired) electrons. The predicted molar refractivity (Wildman–Crippen MR) is 112 cm³/mol. The number of fused-ring (bicyclic) bond motifs is 1. The lowest BCUT2D eigenvalue weighted by atomic mass is 9.84. The van der Waals surface area contributed by atoms with Gasteiger partial charge in [0.15, 0.2) is 0 Å². The van der Waals surface area contributed by atoms with Crippen LogP contribution in [0.15, 0.2) is 36.5 Å². The van der Waals surface area contributed by atoms with Gasteiger partial charge < -0.3 is 4.90 Å². The van der Waals surface area contributed by atoms with E-state index in [0.29, 0.717) is 5.92 Å². The summed E-state index contributed by atoms with van der Waals surface area (Å²) in [4.78, 5) is 2.70. The molecule has 1 aliphatic heterocycles. The summed E-state index contributed by atoms with van der Waals surface area (Å²) in [5, 5.41) is 4.76. The molecule has 1 unspecified atom stereocenters. The molecule has 27 heavy (non-hydrogen) atoms. The summed E-state index contributed by atoms with van der Waals surface area (Å²) < 4.78 is 2.28. The Morgan fingerprint density at radius 2 is 1.78 bits per heavy atom. The number of hydrogen-bond acceptors (Lipinski definition) is 2. The predicted octanol–water partition coefficient (Wildman–Crippen LogP) is 5.33. The minimum absolute atomic E-state index is 0.0921. The van der Waals surface area contributed by atoms with Crippen molar-refractivity contribution in [3.05, 3.63) is 53.3 Å². The normalized spacial score (nSPS) is 22.0. The van der Waals surface area contributed by atoms with Gasteiger partial charge in [-0.2, -0.15) is 5.10 Å². The third-order valence-corrected chi connectivity index (χ3v) is 6.59. The third kappa shape index (κ3) is 4.13. The minimum Gasteiger partial charge on any atom is -0.303 e. The Morgan fingerprint density at radius 3 is 2.48 bits per heavy atom. The van der Waals surface area contributed by atoms with E-state index >= 15 is 0 Å². The molecule has 2 aromatic rings. The second kappa shape index (κ2) is 7.79. The number of likely N-dealkylation sites (tertiary alicyclic amines) is 1. The van der Waals surface area contributed by atoms with Crippen LogP contribution in [0.3, 0.4) is 0 Å². The Balaban J connectivity index is 1.33. The topological polar surface area (TPSA) is 21.1 Å². The number of nitrogens with zero attached hydrogens (tertiary/aromatic N) is 3. The fourth-order valence-electron chi connectivity index (χ4n) is 5.08. The van der Waals surface area contributed by atoms with E-state index in [4.69, 9.17) is 5.10 Å². The monoisotopic (exact) mass is 365 g/mol. The molecule has 1 fully saturated rings. The van der Waals surface area contributed by atoms with Crippen LogP contribution in [0, 0.1) is 0 Å². The zero-order valence-corrected chi connectivity index (χ0v) is 17.3. The first-order valence-corrected chi connectivity index (χ1v) is 10.9. The molecule has 1 aromatic heterocycles. The first kappa shape index (κ1) is 18.7. The van der Waals surface area contributed by atoms with E-state index in [9.17, 15) is 0 Å². The molecule has 1 atom stereocenters. The van der Waals surface area contributed by atoms with Crippen molar-refractivity contribution in [2.45, 2.75) is 76.7 Å². The molecule has 1 aliphatic carbocycles. The third-order valence-electron chi connectivity index (χ3n) is 6.59. The van der Waals surface area contributed by atoms with Crippen LogP contribution in [0.5, 0.6) is 0 Å². The number of aromatic nitrogens is 2. The lowest BCUT2D eigenvalue weighted by Gasteiger charge is -2.34. The SMILES string of the molecule is CC(C)(C)n1ncc2c1CCCC2CCN1CCC(c2ccccc2)CC1. The maximum atomic E-state index is 4.76. The van der Waals surface area contributed by atoms with Gasteiger partial charge in [-0.15, -0.1) is 0 Å². The number of rotatable bonds is 4. The van der Waals surface area contributed by atoms with Crippen molar-refractivity contribution >= 4 is 0 Å². The molecular formula is C24H35N3. The largest absolute Gasteiger partial charge is 0.303 e. The molecule has 146 valence electrons. The highest BCUT2D eigenvalue weighted by atomic mass is 15.3. The summed E-state index contributed by atoms with van der Waals surface area (Å²) in [5.74, 6) is 1.46. The molecule has 0 amide bonds. The molecule has 3 heteroatoms. The van der Waals surface area contributed by atoms with Crippen molar-refractivity contribution in [2.24, 2.45) is 0 Å². The summed E-state index contributed by atoms with van der Waals surface area (Å²) in [7, 11) is 0. The van der Waals surface area contributed by atoms with Crippen LogP contribution in [0.1, 0.15) is 81.5 Å². The zero-order chi connectivity index (χ0) is 18.9. The molecule has 0 saturated carbocycles. The molecule has 4 rings (SSSR count). The van der Waals surface area contributed by atoms with Gasteiger partial charge in [0, 0.05) is 5.69 Å². The quantitative estimate of drug-likeness (QED) is 0.730. The van der Waals surface area contributed by atoms with Crippen molar-refractivity contribution in [3.63, 3.8) is 0 Å². The van der Waals surface area contributed by atoms with Crippen molar-refractivity contribution in [2.75, 3.05) is 19.6 Å². The summed E-state index contributed by atoms with van der Waals surface area (Å²) in [5.41, 5.74) is 4.66. The van der Waals surface area contributed by atoms with Gasteiger partial charge in [-0.3, -0.25) is 4.68 Å². The lowest BCUT2D eigenvalue weighted by molar-refractivity contribution is 0.203. The van der Waals surface area contributed by atoms with Gasteiger partial charge >= 0.3 is 0 Å². The van der Waals surface area contributed by atoms with E-state index in [-0.39, 0.29) is 5.54 Å². The maximum absolute atomic E-state index is 4.76. The van der Waals surface area contributed by atoms with Crippen LogP contribution >= 0.6 is 0 Å². The van der Waals surface area contributed by atoms with Gasteiger partial charge in [0.1, 0.15) is 0 Å². The molecule has 0 spiro atoms. The highest BCUT2D eigenvalue weighted by molar-refractivity contribution is 5.26. The maximum Gasteiger partial charge on any atom is 0.0546 e. The fourth-order valence-corrected chi connectivity index (χ4v) is 5.08. The van der Waals surface area contributed by atoms with Gasteiger partial charge in [-0.05, 0) is 102 Å². The first-order valence-electron chi connectivity index (χ1n) is 10.9. The smallest absolute Gasteiger partial charge is 0.0546 e. The summed E-state index contributed by atoms with van der Waals surface area (Å²) >= 11 is 0. The Bertz CT molecular complexity index is 733. The van der Waals surface area contributed by atoms with Crippen molar-refractivity contribution in [1.29, 1.82) is 0 Å². The van der Waals surface area contributed by atoms with Gasteiger partial charge in [-0.1, -0.05) is 30.3 Å². The average molecular weight is 366 g/mol. The molecule has 1 aromatic carbocycles. The van der Waals surface area contributed by atoms with Crippen LogP contribution in [-0.4, -0.2) is 34.3 Å². The Kier molecular flexibility index (Phi) is 5.41. The summed E-state index contributed by atoms with van der Waals surface area (Å²) in [6.07, 6.45) is 9.93. The summed E-state index contributed by atoms with van der Waals surface area (Å²) in [6.45, 7) is 10.5. The molecule has 2 aliphatic rings. The van der Waals surface area contributed by atoms with Gasteiger partial charge in [0.2, 0.25) is 0 Å². The second-order valence-corrected chi connectivity index (χ2v) is 9.53. The van der Waals surface area contributed by atoms with Crippen LogP contribution < -0.4 is 0 Å². The van der Waals surface area contributed by atoms with Gasteiger partial charge in [0.05, 0.1) is 11.7 Å². The number of benzene rings is 1. The zero-order valence-electron chi connectivity index (χ0n) is 17.3. The number of piperidine rings is 1. The fraction of sp³-hybridized carbons (Fsp3) is 0.625. The number of hydrogen-bond donors (Lipinski definition) is 0. The van der Waals surface area contributed by atoms with E-state index in [2.05, 4.69) is 66.9 Å². The van der Waals surface area contributed by atoms with Crippen molar-refractivity contribution in [3.8, 4) is 0 Å². The highest BCUT2D eigenvalue weighted by Gasteiger charge is 2.29. The van der Waals surface area contributed by atoms with Crippen molar-refractivity contribution < 1.29 is 0 Å². The van der Waals surface area contributed by atoms with Gasteiger partial charge in [0.25, 0.3) is 0 Å². The molecular weight excluding hydrogens is 330 g/mol. The van der Waals surface area contributed by atoms with Crippen LogP contribution in [0.25, 0.3) is 0 Å². The Morgan fingerprint density at radius 1 is 1.04 bits per heavy atom. The van der Waals surface area contributed by atoms with Crippen LogP contribution in [-0.2, 0) is 12.0 Å². The molecule has 2 heterocycles. The molecule has 0 N–H and O–H groups in total.